The molecule has 0 unspecified atom stereocenters. The maximum absolute atomic E-state index is 12.6. The minimum Gasteiger partial charge on any atom is -0.460 e. The molecule has 1 aromatic rings. The minimum absolute atomic E-state index is 0.112. The fraction of sp³-hybridized carbons (Fsp3) is 0.600. The van der Waals surface area contributed by atoms with Crippen LogP contribution < -0.4 is 16.1 Å². The molecule has 0 aliphatic rings. The number of hydrogen-bond acceptors (Lipinski definition) is 8. The summed E-state index contributed by atoms with van der Waals surface area (Å²) < 4.78 is 15.7. The van der Waals surface area contributed by atoms with Gasteiger partial charge in [-0.3, -0.25) is 15.0 Å². The molecule has 0 radical (unpaired) electrons. The molecule has 11 nitrogen and oxygen atoms in total. The molecule has 0 aliphatic carbocycles. The number of hydrogen-bond donors (Lipinski definition) is 3. The Morgan fingerprint density at radius 2 is 1.50 bits per heavy atom. The van der Waals surface area contributed by atoms with Crippen LogP contribution in [0.2, 0.25) is 0 Å². The van der Waals surface area contributed by atoms with Crippen LogP contribution in [-0.4, -0.2) is 66.5 Å². The molecule has 0 spiro atoms. The van der Waals surface area contributed by atoms with Gasteiger partial charge in [-0.05, 0) is 53.5 Å². The standard InChI is InChI=1S/C25H40N4O7/c1-24(2,3)35-22(32)26-14-13-19(27-23(33)36-25(4,5)6)15-20(30)28-29(7)16-21(31)34-17-18-11-9-8-10-12-18/h8-12,19H,13-17H2,1-7H3,(H,26,32)(H,27,33)(H,28,30)/t19-/m0/s1. The van der Waals surface area contributed by atoms with Crippen LogP contribution in [0.5, 0.6) is 0 Å². The molecule has 0 saturated carbocycles. The molecule has 3 amide bonds. The van der Waals surface area contributed by atoms with Crippen molar-refractivity contribution in [1.29, 1.82) is 0 Å². The first kappa shape index (κ1) is 30.7. The van der Waals surface area contributed by atoms with Crippen LogP contribution in [0, 0.1) is 0 Å². The first-order chi connectivity index (χ1) is 16.6. The number of likely N-dealkylation sites (N-methyl/N-ethyl adjacent to an activating group) is 1. The van der Waals surface area contributed by atoms with Crippen molar-refractivity contribution in [2.45, 2.75) is 78.2 Å². The molecule has 11 heteroatoms. The molecule has 1 atom stereocenters. The lowest BCUT2D eigenvalue weighted by Crippen LogP contribution is -2.47. The largest absolute Gasteiger partial charge is 0.460 e. The summed E-state index contributed by atoms with van der Waals surface area (Å²) in [5.74, 6) is -0.946. The lowest BCUT2D eigenvalue weighted by Gasteiger charge is -2.25. The summed E-state index contributed by atoms with van der Waals surface area (Å²) in [5, 5.41) is 6.56. The molecule has 1 aromatic carbocycles. The molecule has 36 heavy (non-hydrogen) atoms. The molecule has 0 fully saturated rings. The van der Waals surface area contributed by atoms with Crippen LogP contribution in [0.25, 0.3) is 0 Å². The van der Waals surface area contributed by atoms with E-state index in [1.54, 1.807) is 41.5 Å². The van der Waals surface area contributed by atoms with Crippen molar-refractivity contribution < 1.29 is 33.4 Å². The van der Waals surface area contributed by atoms with Gasteiger partial charge in [0.25, 0.3) is 0 Å². The van der Waals surface area contributed by atoms with E-state index in [9.17, 15) is 19.2 Å². The Bertz CT molecular complexity index is 863. The number of alkyl carbamates (subject to hydrolysis) is 2. The van der Waals surface area contributed by atoms with E-state index in [0.29, 0.717) is 0 Å². The Morgan fingerprint density at radius 1 is 0.917 bits per heavy atom. The number of amides is 3. The smallest absolute Gasteiger partial charge is 0.407 e. The van der Waals surface area contributed by atoms with Crippen molar-refractivity contribution in [3.05, 3.63) is 35.9 Å². The van der Waals surface area contributed by atoms with Gasteiger partial charge in [-0.1, -0.05) is 30.3 Å². The highest BCUT2D eigenvalue weighted by atomic mass is 16.6. The maximum atomic E-state index is 12.6. The second kappa shape index (κ2) is 14.3. The summed E-state index contributed by atoms with van der Waals surface area (Å²) in [6, 6.07) is 8.60. The van der Waals surface area contributed by atoms with Gasteiger partial charge in [-0.15, -0.1) is 0 Å². The predicted octanol–water partition coefficient (Wildman–Crippen LogP) is 2.89. The molecule has 0 heterocycles. The van der Waals surface area contributed by atoms with E-state index in [2.05, 4.69) is 16.1 Å². The SMILES string of the molecule is CN(CC(=O)OCc1ccccc1)NC(=O)C[C@H](CCNC(=O)OC(C)(C)C)NC(=O)OC(C)(C)C. The Labute approximate surface area is 213 Å². The number of esters is 1. The normalized spacial score (nSPS) is 12.3. The highest BCUT2D eigenvalue weighted by Gasteiger charge is 2.23. The third-order valence-corrected chi connectivity index (χ3v) is 4.24. The third kappa shape index (κ3) is 15.5. The van der Waals surface area contributed by atoms with Crippen LogP contribution in [0.4, 0.5) is 9.59 Å². The zero-order valence-corrected chi connectivity index (χ0v) is 22.3. The minimum atomic E-state index is -0.716. The van der Waals surface area contributed by atoms with Gasteiger partial charge in [0.15, 0.2) is 0 Å². The Kier molecular flexibility index (Phi) is 12.2. The van der Waals surface area contributed by atoms with Crippen molar-refractivity contribution in [3.63, 3.8) is 0 Å². The van der Waals surface area contributed by atoms with Crippen molar-refractivity contribution >= 4 is 24.1 Å². The molecule has 0 aliphatic heterocycles. The second-order valence-corrected chi connectivity index (χ2v) is 10.3. The first-order valence-corrected chi connectivity index (χ1v) is 11.8. The molecular formula is C25H40N4O7. The van der Waals surface area contributed by atoms with Gasteiger partial charge in [-0.2, -0.15) is 0 Å². The predicted molar refractivity (Wildman–Crippen MR) is 134 cm³/mol. The number of rotatable bonds is 11. The quantitative estimate of drug-likeness (QED) is 0.236. The molecule has 0 aromatic heterocycles. The zero-order valence-electron chi connectivity index (χ0n) is 22.3. The van der Waals surface area contributed by atoms with E-state index in [1.165, 1.54) is 12.1 Å². The molecule has 202 valence electrons. The Morgan fingerprint density at radius 3 is 2.08 bits per heavy atom. The lowest BCUT2D eigenvalue weighted by atomic mass is 10.1. The zero-order chi connectivity index (χ0) is 27.4. The number of benzene rings is 1. The van der Waals surface area contributed by atoms with Crippen molar-refractivity contribution in [2.75, 3.05) is 20.1 Å². The van der Waals surface area contributed by atoms with E-state index in [-0.39, 0.29) is 32.5 Å². The number of ether oxygens (including phenoxy) is 3. The lowest BCUT2D eigenvalue weighted by molar-refractivity contribution is -0.147. The van der Waals surface area contributed by atoms with Gasteiger partial charge in [0.1, 0.15) is 24.4 Å². The molecule has 1 rings (SSSR count). The summed E-state index contributed by atoms with van der Waals surface area (Å²) in [6.07, 6.45) is -1.15. The second-order valence-electron chi connectivity index (χ2n) is 10.3. The van der Waals surface area contributed by atoms with E-state index in [0.717, 1.165) is 5.56 Å². The Hall–Kier alpha value is -3.34. The third-order valence-electron chi connectivity index (χ3n) is 4.24. The average molecular weight is 509 g/mol. The number of carbonyl (C=O) groups is 4. The van der Waals surface area contributed by atoms with Crippen LogP contribution in [-0.2, 0) is 30.4 Å². The van der Waals surface area contributed by atoms with Crippen LogP contribution in [0.15, 0.2) is 30.3 Å². The van der Waals surface area contributed by atoms with Gasteiger partial charge in [0, 0.05) is 26.1 Å². The summed E-state index contributed by atoms with van der Waals surface area (Å²) >= 11 is 0. The monoisotopic (exact) mass is 508 g/mol. The van der Waals surface area contributed by atoms with E-state index in [4.69, 9.17) is 14.2 Å². The van der Waals surface area contributed by atoms with Crippen LogP contribution in [0.1, 0.15) is 59.9 Å². The van der Waals surface area contributed by atoms with Gasteiger partial charge in [-0.25, -0.2) is 14.6 Å². The highest BCUT2D eigenvalue weighted by molar-refractivity contribution is 5.78. The van der Waals surface area contributed by atoms with E-state index >= 15 is 0 Å². The number of nitrogens with one attached hydrogen (secondary N) is 3. The molecule has 0 saturated heterocycles. The summed E-state index contributed by atoms with van der Waals surface area (Å²) in [6.45, 7) is 10.5. The Balaban J connectivity index is 2.57. The van der Waals surface area contributed by atoms with Gasteiger partial charge in [0.05, 0.1) is 0 Å². The number of nitrogens with zero attached hydrogens (tertiary/aromatic N) is 1. The first-order valence-electron chi connectivity index (χ1n) is 11.8. The van der Waals surface area contributed by atoms with E-state index < -0.39 is 41.3 Å². The topological polar surface area (TPSA) is 135 Å². The van der Waals surface area contributed by atoms with Crippen LogP contribution in [0.3, 0.4) is 0 Å². The summed E-state index contributed by atoms with van der Waals surface area (Å²) in [4.78, 5) is 48.8. The van der Waals surface area contributed by atoms with Crippen LogP contribution >= 0.6 is 0 Å². The van der Waals surface area contributed by atoms with Crippen molar-refractivity contribution in [3.8, 4) is 0 Å². The molecule has 3 N–H and O–H groups in total. The van der Waals surface area contributed by atoms with E-state index in [1.807, 2.05) is 30.3 Å². The maximum Gasteiger partial charge on any atom is 0.407 e. The number of carbonyl (C=O) groups excluding carboxylic acids is 4. The van der Waals surface area contributed by atoms with Gasteiger partial charge < -0.3 is 24.8 Å². The fourth-order valence-corrected chi connectivity index (χ4v) is 2.86. The average Bonchev–Trinajstić information content (AvgIpc) is 2.69. The summed E-state index contributed by atoms with van der Waals surface area (Å²) in [7, 11) is 1.53. The molecular weight excluding hydrogens is 468 g/mol. The molecule has 0 bridgehead atoms. The number of hydrazine groups is 1. The highest BCUT2D eigenvalue weighted by Crippen LogP contribution is 2.09. The van der Waals surface area contributed by atoms with Crippen molar-refractivity contribution in [2.24, 2.45) is 0 Å². The van der Waals surface area contributed by atoms with Gasteiger partial charge in [0.2, 0.25) is 5.91 Å². The van der Waals surface area contributed by atoms with Gasteiger partial charge >= 0.3 is 18.2 Å². The summed E-state index contributed by atoms with van der Waals surface area (Å²) in [5.41, 5.74) is 2.07. The van der Waals surface area contributed by atoms with Crippen molar-refractivity contribution in [1.82, 2.24) is 21.1 Å². The fourth-order valence-electron chi connectivity index (χ4n) is 2.86.